The molecule has 2 aromatic heterocycles. The zero-order chi connectivity index (χ0) is 18.8. The fourth-order valence-corrected chi connectivity index (χ4v) is 3.83. The number of nitrogens with zero attached hydrogens (tertiary/aromatic N) is 4. The zero-order valence-corrected chi connectivity index (χ0v) is 16.1. The third-order valence-electron chi connectivity index (χ3n) is 4.14. The summed E-state index contributed by atoms with van der Waals surface area (Å²) in [5, 5.41) is 10.7. The van der Waals surface area contributed by atoms with E-state index in [0.717, 1.165) is 23.1 Å². The van der Waals surface area contributed by atoms with Crippen LogP contribution < -0.4 is 5.56 Å². The lowest BCUT2D eigenvalue weighted by molar-refractivity contribution is 0.687. The molecule has 0 spiro atoms. The van der Waals surface area contributed by atoms with Gasteiger partial charge in [0.05, 0.1) is 16.7 Å². The van der Waals surface area contributed by atoms with Gasteiger partial charge in [-0.1, -0.05) is 35.5 Å². The third kappa shape index (κ3) is 3.61. The molecule has 0 radical (unpaired) electrons. The quantitative estimate of drug-likeness (QED) is 0.512. The smallest absolute Gasteiger partial charge is 0.258 e. The van der Waals surface area contributed by atoms with Gasteiger partial charge in [-0.15, -0.1) is 10.2 Å². The fraction of sp³-hybridized carbons (Fsp3) is 0.158. The Balaban J connectivity index is 1.60. The van der Waals surface area contributed by atoms with E-state index >= 15 is 0 Å². The van der Waals surface area contributed by atoms with E-state index in [1.54, 1.807) is 6.07 Å². The van der Waals surface area contributed by atoms with Crippen LogP contribution in [0.1, 0.15) is 12.7 Å². The van der Waals surface area contributed by atoms with E-state index in [1.165, 1.54) is 11.8 Å². The standard InChI is InChI=1S/C19H16ClN5OS/c1-2-25-17(12-7-9-13(20)10-8-12)23-24-19(25)27-11-16-21-15-6-4-3-5-14(15)18(26)22-16/h3-10H,2,11H2,1H3,(H,21,22,26). The first-order chi connectivity index (χ1) is 13.2. The Labute approximate surface area is 164 Å². The van der Waals surface area contributed by atoms with Crippen LogP contribution >= 0.6 is 23.4 Å². The molecule has 0 amide bonds. The van der Waals surface area contributed by atoms with Crippen molar-refractivity contribution in [3.05, 3.63) is 69.7 Å². The highest BCUT2D eigenvalue weighted by Gasteiger charge is 2.14. The van der Waals surface area contributed by atoms with E-state index in [4.69, 9.17) is 11.6 Å². The highest BCUT2D eigenvalue weighted by molar-refractivity contribution is 7.98. The minimum Gasteiger partial charge on any atom is -0.309 e. The molecule has 8 heteroatoms. The molecule has 0 atom stereocenters. The van der Waals surface area contributed by atoms with Gasteiger partial charge in [0.25, 0.3) is 5.56 Å². The predicted octanol–water partition coefficient (Wildman–Crippen LogP) is 4.15. The Hall–Kier alpha value is -2.64. The van der Waals surface area contributed by atoms with Gasteiger partial charge in [0, 0.05) is 17.1 Å². The van der Waals surface area contributed by atoms with Crippen molar-refractivity contribution in [3.63, 3.8) is 0 Å². The summed E-state index contributed by atoms with van der Waals surface area (Å²) in [5.74, 6) is 1.90. The summed E-state index contributed by atoms with van der Waals surface area (Å²) in [6.07, 6.45) is 0. The van der Waals surface area contributed by atoms with E-state index in [-0.39, 0.29) is 5.56 Å². The molecule has 4 rings (SSSR count). The number of hydrogen-bond acceptors (Lipinski definition) is 5. The molecule has 0 saturated carbocycles. The van der Waals surface area contributed by atoms with E-state index in [2.05, 4.69) is 20.2 Å². The lowest BCUT2D eigenvalue weighted by Crippen LogP contribution is -2.11. The molecule has 1 N–H and O–H groups in total. The molecule has 2 heterocycles. The van der Waals surface area contributed by atoms with Crippen LogP contribution in [0.4, 0.5) is 0 Å². The second-order valence-electron chi connectivity index (χ2n) is 5.88. The Kier molecular flexibility index (Phi) is 4.96. The molecule has 27 heavy (non-hydrogen) atoms. The largest absolute Gasteiger partial charge is 0.309 e. The number of fused-ring (bicyclic) bond motifs is 1. The van der Waals surface area contributed by atoms with Crippen LogP contribution in [0.2, 0.25) is 5.02 Å². The first-order valence-electron chi connectivity index (χ1n) is 8.45. The van der Waals surface area contributed by atoms with Gasteiger partial charge in [-0.05, 0) is 43.3 Å². The Morgan fingerprint density at radius 2 is 1.89 bits per heavy atom. The molecule has 2 aromatic carbocycles. The summed E-state index contributed by atoms with van der Waals surface area (Å²) in [4.78, 5) is 19.6. The summed E-state index contributed by atoms with van der Waals surface area (Å²) in [6, 6.07) is 14.8. The average Bonchev–Trinajstić information content (AvgIpc) is 3.10. The fourth-order valence-electron chi connectivity index (χ4n) is 2.83. The van der Waals surface area contributed by atoms with E-state index in [0.29, 0.717) is 27.5 Å². The minimum absolute atomic E-state index is 0.130. The maximum Gasteiger partial charge on any atom is 0.258 e. The molecule has 0 aliphatic rings. The van der Waals surface area contributed by atoms with Crippen molar-refractivity contribution >= 4 is 34.3 Å². The van der Waals surface area contributed by atoms with Crippen molar-refractivity contribution in [2.45, 2.75) is 24.4 Å². The summed E-state index contributed by atoms with van der Waals surface area (Å²) in [5.41, 5.74) is 1.52. The zero-order valence-electron chi connectivity index (χ0n) is 14.5. The van der Waals surface area contributed by atoms with Gasteiger partial charge >= 0.3 is 0 Å². The second kappa shape index (κ2) is 7.54. The van der Waals surface area contributed by atoms with Crippen molar-refractivity contribution in [2.75, 3.05) is 0 Å². The number of halogens is 1. The SMILES string of the molecule is CCn1c(SCc2nc3ccccc3c(=O)[nH]2)nnc1-c1ccc(Cl)cc1. The highest BCUT2D eigenvalue weighted by Crippen LogP contribution is 2.26. The number of rotatable bonds is 5. The van der Waals surface area contributed by atoms with Gasteiger partial charge in [0.1, 0.15) is 5.82 Å². The van der Waals surface area contributed by atoms with E-state index in [9.17, 15) is 4.79 Å². The molecule has 136 valence electrons. The molecule has 0 aliphatic carbocycles. The van der Waals surface area contributed by atoms with Crippen LogP contribution in [0.5, 0.6) is 0 Å². The van der Waals surface area contributed by atoms with Gasteiger partial charge in [0.2, 0.25) is 0 Å². The molecular formula is C19H16ClN5OS. The minimum atomic E-state index is -0.130. The van der Waals surface area contributed by atoms with Crippen molar-refractivity contribution in [2.24, 2.45) is 0 Å². The number of hydrogen-bond donors (Lipinski definition) is 1. The number of aromatic nitrogens is 5. The van der Waals surface area contributed by atoms with Gasteiger partial charge in [-0.25, -0.2) is 4.98 Å². The normalized spacial score (nSPS) is 11.2. The van der Waals surface area contributed by atoms with E-state index < -0.39 is 0 Å². The van der Waals surface area contributed by atoms with Crippen molar-refractivity contribution in [3.8, 4) is 11.4 Å². The van der Waals surface area contributed by atoms with Crippen molar-refractivity contribution < 1.29 is 0 Å². The highest BCUT2D eigenvalue weighted by atomic mass is 35.5. The summed E-state index contributed by atoms with van der Waals surface area (Å²) >= 11 is 7.46. The van der Waals surface area contributed by atoms with Gasteiger partial charge in [-0.3, -0.25) is 4.79 Å². The third-order valence-corrected chi connectivity index (χ3v) is 5.37. The van der Waals surface area contributed by atoms with Crippen LogP contribution in [0.25, 0.3) is 22.3 Å². The first-order valence-corrected chi connectivity index (χ1v) is 9.82. The van der Waals surface area contributed by atoms with Crippen LogP contribution in [0.3, 0.4) is 0 Å². The molecule has 6 nitrogen and oxygen atoms in total. The summed E-state index contributed by atoms with van der Waals surface area (Å²) in [7, 11) is 0. The molecule has 0 bridgehead atoms. The number of benzene rings is 2. The first kappa shape index (κ1) is 17.8. The average molecular weight is 398 g/mol. The van der Waals surface area contributed by atoms with Gasteiger partial charge in [-0.2, -0.15) is 0 Å². The lowest BCUT2D eigenvalue weighted by Gasteiger charge is -2.07. The lowest BCUT2D eigenvalue weighted by atomic mass is 10.2. The van der Waals surface area contributed by atoms with E-state index in [1.807, 2.05) is 54.0 Å². The summed E-state index contributed by atoms with van der Waals surface area (Å²) < 4.78 is 2.03. The number of thioether (sulfide) groups is 1. The van der Waals surface area contributed by atoms with Crippen LogP contribution in [-0.2, 0) is 12.3 Å². The van der Waals surface area contributed by atoms with Crippen LogP contribution in [-0.4, -0.2) is 24.7 Å². The Morgan fingerprint density at radius 3 is 2.67 bits per heavy atom. The maximum absolute atomic E-state index is 12.2. The number of aromatic amines is 1. The second-order valence-corrected chi connectivity index (χ2v) is 7.25. The molecule has 0 saturated heterocycles. The monoisotopic (exact) mass is 397 g/mol. The number of nitrogens with one attached hydrogen (secondary N) is 1. The van der Waals surface area contributed by atoms with Crippen LogP contribution in [0, 0.1) is 0 Å². The predicted molar refractivity (Wildman–Crippen MR) is 108 cm³/mol. The molecule has 4 aromatic rings. The molecular weight excluding hydrogens is 382 g/mol. The Morgan fingerprint density at radius 1 is 1.11 bits per heavy atom. The molecule has 0 aliphatic heterocycles. The van der Waals surface area contributed by atoms with Crippen molar-refractivity contribution in [1.82, 2.24) is 24.7 Å². The van der Waals surface area contributed by atoms with Gasteiger partial charge < -0.3 is 9.55 Å². The number of H-pyrrole nitrogens is 1. The summed E-state index contributed by atoms with van der Waals surface area (Å²) in [6.45, 7) is 2.78. The molecule has 0 fully saturated rings. The van der Waals surface area contributed by atoms with Crippen molar-refractivity contribution in [1.29, 1.82) is 0 Å². The van der Waals surface area contributed by atoms with Crippen LogP contribution in [0.15, 0.2) is 58.5 Å². The maximum atomic E-state index is 12.2. The van der Waals surface area contributed by atoms with Gasteiger partial charge in [0.15, 0.2) is 11.0 Å². The molecule has 0 unspecified atom stereocenters. The Bertz CT molecular complexity index is 1150. The topological polar surface area (TPSA) is 76.5 Å². The number of para-hydroxylation sites is 1.